The van der Waals surface area contributed by atoms with Gasteiger partial charge >= 0.3 is 6.03 Å². The molecule has 0 aliphatic rings. The number of carbonyl (C=O) groups is 1. The lowest BCUT2D eigenvalue weighted by Gasteiger charge is -2.12. The molecule has 4 rings (SSSR count). The number of primary sulfonamides is 1. The zero-order chi connectivity index (χ0) is 22.7. The molecule has 0 fully saturated rings. The first-order valence-corrected chi connectivity index (χ1v) is 11.3. The first-order valence-electron chi connectivity index (χ1n) is 9.41. The molecule has 2 amide bonds. The molecule has 0 radical (unpaired) electrons. The van der Waals surface area contributed by atoms with Gasteiger partial charge in [0.25, 0.3) is 0 Å². The number of nitrogens with zero attached hydrogens (tertiary/aromatic N) is 2. The summed E-state index contributed by atoms with van der Waals surface area (Å²) in [5.74, 6) is 0. The van der Waals surface area contributed by atoms with Crippen LogP contribution in [0.25, 0.3) is 16.9 Å². The number of amides is 2. The predicted octanol–water partition coefficient (Wildman–Crippen LogP) is 4.48. The lowest BCUT2D eigenvalue weighted by molar-refractivity contribution is 0.262. The largest absolute Gasteiger partial charge is 0.323 e. The second-order valence-electron chi connectivity index (χ2n) is 6.81. The molecule has 1 heterocycles. The van der Waals surface area contributed by atoms with Crippen LogP contribution >= 0.6 is 11.6 Å². The molecule has 3 aromatic carbocycles. The third-order valence-corrected chi connectivity index (χ3v) is 5.76. The van der Waals surface area contributed by atoms with Gasteiger partial charge in [-0.25, -0.2) is 23.0 Å². The number of carbonyl (C=O) groups excluding carboxylic acids is 1. The van der Waals surface area contributed by atoms with E-state index in [9.17, 15) is 13.2 Å². The van der Waals surface area contributed by atoms with E-state index in [2.05, 4.69) is 15.7 Å². The molecule has 4 aromatic rings. The first kappa shape index (κ1) is 21.6. The van der Waals surface area contributed by atoms with Gasteiger partial charge in [-0.05, 0) is 48.5 Å². The average molecular weight is 468 g/mol. The number of rotatable bonds is 5. The second-order valence-corrected chi connectivity index (χ2v) is 8.81. The van der Waals surface area contributed by atoms with Crippen molar-refractivity contribution in [2.75, 3.05) is 10.6 Å². The van der Waals surface area contributed by atoms with Gasteiger partial charge in [0.1, 0.15) is 0 Å². The van der Waals surface area contributed by atoms with Crippen molar-refractivity contribution in [2.45, 2.75) is 4.90 Å². The Morgan fingerprint density at radius 3 is 2.19 bits per heavy atom. The van der Waals surface area contributed by atoms with Crippen molar-refractivity contribution in [3.05, 3.63) is 90.1 Å². The van der Waals surface area contributed by atoms with Crippen LogP contribution in [0.3, 0.4) is 0 Å². The maximum atomic E-state index is 12.6. The van der Waals surface area contributed by atoms with Crippen molar-refractivity contribution < 1.29 is 13.2 Å². The smallest absolute Gasteiger partial charge is 0.308 e. The van der Waals surface area contributed by atoms with Crippen molar-refractivity contribution in [3.8, 4) is 16.9 Å². The van der Waals surface area contributed by atoms with Crippen molar-refractivity contribution in [2.24, 2.45) is 5.14 Å². The number of sulfonamides is 1. The van der Waals surface area contributed by atoms with Gasteiger partial charge in [0.15, 0.2) is 0 Å². The lowest BCUT2D eigenvalue weighted by Crippen LogP contribution is -2.19. The van der Waals surface area contributed by atoms with Gasteiger partial charge in [0.2, 0.25) is 10.0 Å². The molecule has 4 N–H and O–H groups in total. The molecule has 0 bridgehead atoms. The van der Waals surface area contributed by atoms with E-state index in [1.807, 2.05) is 30.3 Å². The zero-order valence-electron chi connectivity index (χ0n) is 16.6. The highest BCUT2D eigenvalue weighted by molar-refractivity contribution is 7.89. The topological polar surface area (TPSA) is 119 Å². The Balaban J connectivity index is 1.68. The van der Waals surface area contributed by atoms with Crippen LogP contribution in [-0.2, 0) is 10.0 Å². The summed E-state index contributed by atoms with van der Waals surface area (Å²) in [5.41, 5.74) is 3.09. The number of aromatic nitrogens is 2. The summed E-state index contributed by atoms with van der Waals surface area (Å²) >= 11 is 5.88. The van der Waals surface area contributed by atoms with E-state index < -0.39 is 16.1 Å². The molecule has 1 aromatic heterocycles. The normalized spacial score (nSPS) is 11.2. The summed E-state index contributed by atoms with van der Waals surface area (Å²) < 4.78 is 24.7. The van der Waals surface area contributed by atoms with E-state index in [1.165, 1.54) is 18.3 Å². The van der Waals surface area contributed by atoms with Gasteiger partial charge in [-0.1, -0.05) is 41.9 Å². The minimum atomic E-state index is -3.81. The number of halogens is 1. The molecule has 0 atom stereocenters. The average Bonchev–Trinajstić information content (AvgIpc) is 3.19. The number of hydrogen-bond acceptors (Lipinski definition) is 4. The van der Waals surface area contributed by atoms with Crippen LogP contribution in [0, 0.1) is 0 Å². The maximum absolute atomic E-state index is 12.6. The number of urea groups is 1. The molecular weight excluding hydrogens is 450 g/mol. The van der Waals surface area contributed by atoms with Crippen molar-refractivity contribution >= 4 is 39.0 Å². The van der Waals surface area contributed by atoms with Crippen molar-refractivity contribution in [3.63, 3.8) is 0 Å². The Morgan fingerprint density at radius 1 is 0.906 bits per heavy atom. The van der Waals surface area contributed by atoms with Gasteiger partial charge < -0.3 is 10.6 Å². The monoisotopic (exact) mass is 467 g/mol. The van der Waals surface area contributed by atoms with Crippen LogP contribution < -0.4 is 15.8 Å². The van der Waals surface area contributed by atoms with Gasteiger partial charge in [-0.3, -0.25) is 0 Å². The van der Waals surface area contributed by atoms with E-state index in [-0.39, 0.29) is 4.90 Å². The Morgan fingerprint density at radius 2 is 1.56 bits per heavy atom. The summed E-state index contributed by atoms with van der Waals surface area (Å²) in [6.45, 7) is 0. The van der Waals surface area contributed by atoms with Crippen molar-refractivity contribution in [1.82, 2.24) is 9.78 Å². The minimum absolute atomic E-state index is 0.00430. The summed E-state index contributed by atoms with van der Waals surface area (Å²) in [6.07, 6.45) is 1.53. The molecule has 0 aliphatic heterocycles. The highest BCUT2D eigenvalue weighted by Crippen LogP contribution is 2.31. The summed E-state index contributed by atoms with van der Waals surface area (Å²) in [6, 6.07) is 21.7. The Bertz CT molecular complexity index is 1350. The molecule has 0 unspecified atom stereocenters. The quantitative estimate of drug-likeness (QED) is 0.400. The van der Waals surface area contributed by atoms with E-state index >= 15 is 0 Å². The van der Waals surface area contributed by atoms with Crippen molar-refractivity contribution in [1.29, 1.82) is 0 Å². The summed E-state index contributed by atoms with van der Waals surface area (Å²) in [7, 11) is -3.81. The molecule has 0 saturated heterocycles. The van der Waals surface area contributed by atoms with Crippen LogP contribution in [0.15, 0.2) is 90.0 Å². The fourth-order valence-corrected chi connectivity index (χ4v) is 3.75. The number of benzene rings is 3. The summed E-state index contributed by atoms with van der Waals surface area (Å²) in [4.78, 5) is 12.6. The molecule has 32 heavy (non-hydrogen) atoms. The van der Waals surface area contributed by atoms with Gasteiger partial charge in [0.05, 0.1) is 28.2 Å². The van der Waals surface area contributed by atoms with E-state index in [4.69, 9.17) is 16.7 Å². The number of anilines is 2. The molecule has 0 spiro atoms. The highest BCUT2D eigenvalue weighted by Gasteiger charge is 2.17. The fourth-order valence-electron chi connectivity index (χ4n) is 3.10. The fraction of sp³-hybridized carbons (Fsp3) is 0. The number of nitrogens with two attached hydrogens (primary N) is 1. The number of nitrogens with one attached hydrogen (secondary N) is 2. The Hall–Kier alpha value is -3.66. The van der Waals surface area contributed by atoms with Crippen LogP contribution in [0.2, 0.25) is 5.02 Å². The third-order valence-electron chi connectivity index (χ3n) is 4.58. The van der Waals surface area contributed by atoms with Crippen LogP contribution in [0.5, 0.6) is 0 Å². The molecule has 8 nitrogen and oxygen atoms in total. The van der Waals surface area contributed by atoms with E-state index in [1.54, 1.807) is 41.1 Å². The van der Waals surface area contributed by atoms with E-state index in [0.29, 0.717) is 27.8 Å². The third kappa shape index (κ3) is 4.80. The number of hydrogen-bond donors (Lipinski definition) is 3. The van der Waals surface area contributed by atoms with Crippen LogP contribution in [-0.4, -0.2) is 24.2 Å². The summed E-state index contributed by atoms with van der Waals surface area (Å²) in [5, 5.41) is 15.7. The Labute approximate surface area is 189 Å². The van der Waals surface area contributed by atoms with Gasteiger partial charge in [-0.15, -0.1) is 0 Å². The highest BCUT2D eigenvalue weighted by atomic mass is 35.5. The Kier molecular flexibility index (Phi) is 5.95. The van der Waals surface area contributed by atoms with Gasteiger partial charge in [0, 0.05) is 16.3 Å². The standard InChI is InChI=1S/C22H18ClN5O3S/c23-16-6-8-17(9-7-16)26-22(29)27-20-14-25-28(21(20)15-4-2-1-3-5-15)18-10-12-19(13-11-18)32(24,30)31/h1-14H,(H2,24,30,31)(H2,26,27,29). The van der Waals surface area contributed by atoms with Crippen LogP contribution in [0.4, 0.5) is 16.2 Å². The molecular formula is C22H18ClN5O3S. The molecule has 0 saturated carbocycles. The molecule has 10 heteroatoms. The predicted molar refractivity (Wildman–Crippen MR) is 124 cm³/mol. The lowest BCUT2D eigenvalue weighted by atomic mass is 10.1. The SMILES string of the molecule is NS(=O)(=O)c1ccc(-n2ncc(NC(=O)Nc3ccc(Cl)cc3)c2-c2ccccc2)cc1. The molecule has 0 aliphatic carbocycles. The maximum Gasteiger partial charge on any atom is 0.323 e. The van der Waals surface area contributed by atoms with Gasteiger partial charge in [-0.2, -0.15) is 5.10 Å². The second kappa shape index (κ2) is 8.83. The van der Waals surface area contributed by atoms with E-state index in [0.717, 1.165) is 5.56 Å². The zero-order valence-corrected chi connectivity index (χ0v) is 18.1. The first-order chi connectivity index (χ1) is 15.3. The molecule has 162 valence electrons. The van der Waals surface area contributed by atoms with Crippen LogP contribution in [0.1, 0.15) is 0 Å². The minimum Gasteiger partial charge on any atom is -0.308 e.